The van der Waals surface area contributed by atoms with Crippen LogP contribution in [0.25, 0.3) is 0 Å². The van der Waals surface area contributed by atoms with E-state index in [-0.39, 0.29) is 11.3 Å². The molecule has 1 fully saturated rings. The summed E-state index contributed by atoms with van der Waals surface area (Å²) in [6.45, 7) is 0.964. The summed E-state index contributed by atoms with van der Waals surface area (Å²) >= 11 is 6.17. The summed E-state index contributed by atoms with van der Waals surface area (Å²) in [4.78, 5) is 38.7. The Hall–Kier alpha value is -2.93. The highest BCUT2D eigenvalue weighted by Gasteiger charge is 2.50. The van der Waals surface area contributed by atoms with Crippen molar-refractivity contribution in [1.29, 1.82) is 0 Å². The van der Waals surface area contributed by atoms with Crippen LogP contribution in [0.4, 0.5) is 9.18 Å². The van der Waals surface area contributed by atoms with Gasteiger partial charge in [-0.15, -0.1) is 0 Å². The lowest BCUT2D eigenvalue weighted by Crippen LogP contribution is -2.41. The maximum atomic E-state index is 13.5. The van der Waals surface area contributed by atoms with Gasteiger partial charge in [0.25, 0.3) is 5.91 Å². The van der Waals surface area contributed by atoms with Gasteiger partial charge in [-0.2, -0.15) is 0 Å². The predicted molar refractivity (Wildman–Crippen MR) is 96.3 cm³/mol. The van der Waals surface area contributed by atoms with Crippen LogP contribution in [0.3, 0.4) is 0 Å². The van der Waals surface area contributed by atoms with Crippen LogP contribution >= 0.6 is 11.6 Å². The van der Waals surface area contributed by atoms with Gasteiger partial charge in [0.15, 0.2) is 5.78 Å². The fraction of sp³-hybridized carbons (Fsp3) is 0.211. The molecule has 1 aliphatic heterocycles. The second kappa shape index (κ2) is 7.00. The van der Waals surface area contributed by atoms with Crippen molar-refractivity contribution in [1.82, 2.24) is 10.2 Å². The molecular weight excluding hydrogens is 375 g/mol. The van der Waals surface area contributed by atoms with E-state index in [0.29, 0.717) is 10.6 Å². The lowest BCUT2D eigenvalue weighted by atomic mass is 9.92. The molecular formula is C19H16ClFN2O4. The zero-order valence-corrected chi connectivity index (χ0v) is 15.3. The van der Waals surface area contributed by atoms with Crippen LogP contribution in [0.5, 0.6) is 5.75 Å². The van der Waals surface area contributed by atoms with Gasteiger partial charge in [0, 0.05) is 10.6 Å². The number of hydrogen-bond donors (Lipinski definition) is 1. The zero-order chi connectivity index (χ0) is 19.8. The molecule has 1 heterocycles. The molecule has 1 atom stereocenters. The zero-order valence-electron chi connectivity index (χ0n) is 14.6. The standard InChI is InChI=1S/C19H16ClFN2O4/c1-19(13-5-3-4-6-14(13)20)17(25)23(18(26)22-19)10-15(24)12-9-11(21)7-8-16(12)27-2/h3-9H,10H2,1-2H3,(H,22,26)/t19-/m0/s1. The number of rotatable bonds is 5. The van der Waals surface area contributed by atoms with Crippen LogP contribution in [-0.4, -0.2) is 36.3 Å². The van der Waals surface area contributed by atoms with Crippen LogP contribution in [0.15, 0.2) is 42.5 Å². The summed E-state index contributed by atoms with van der Waals surface area (Å²) in [5.74, 6) is -1.72. The largest absolute Gasteiger partial charge is 0.496 e. The highest BCUT2D eigenvalue weighted by Crippen LogP contribution is 2.33. The third kappa shape index (κ3) is 3.26. The number of nitrogens with zero attached hydrogens (tertiary/aromatic N) is 1. The molecule has 0 unspecified atom stereocenters. The maximum Gasteiger partial charge on any atom is 0.325 e. The minimum absolute atomic E-state index is 0.0514. The Bertz CT molecular complexity index is 949. The third-order valence-electron chi connectivity index (χ3n) is 4.45. The number of carbonyl (C=O) groups is 3. The molecule has 140 valence electrons. The van der Waals surface area contributed by atoms with E-state index in [2.05, 4.69) is 5.32 Å². The molecule has 0 saturated carbocycles. The molecule has 1 N–H and O–H groups in total. The van der Waals surface area contributed by atoms with Crippen molar-refractivity contribution < 1.29 is 23.5 Å². The maximum absolute atomic E-state index is 13.5. The van der Waals surface area contributed by atoms with Gasteiger partial charge in [0.05, 0.1) is 19.2 Å². The van der Waals surface area contributed by atoms with Gasteiger partial charge in [0.1, 0.15) is 17.1 Å². The third-order valence-corrected chi connectivity index (χ3v) is 4.78. The number of amides is 3. The Morgan fingerprint density at radius 3 is 2.63 bits per heavy atom. The number of carbonyl (C=O) groups excluding carboxylic acids is 3. The van der Waals surface area contributed by atoms with Crippen molar-refractivity contribution in [3.8, 4) is 5.75 Å². The second-order valence-electron chi connectivity index (χ2n) is 6.19. The molecule has 8 heteroatoms. The monoisotopic (exact) mass is 390 g/mol. The minimum Gasteiger partial charge on any atom is -0.496 e. The number of halogens is 2. The van der Waals surface area contributed by atoms with Gasteiger partial charge in [-0.1, -0.05) is 29.8 Å². The average molecular weight is 391 g/mol. The van der Waals surface area contributed by atoms with Gasteiger partial charge in [0.2, 0.25) is 0 Å². The fourth-order valence-electron chi connectivity index (χ4n) is 3.02. The van der Waals surface area contributed by atoms with E-state index < -0.39 is 35.6 Å². The molecule has 0 bridgehead atoms. The summed E-state index contributed by atoms with van der Waals surface area (Å²) in [6, 6.07) is 9.36. The van der Waals surface area contributed by atoms with Crippen molar-refractivity contribution >= 4 is 29.3 Å². The Balaban J connectivity index is 1.90. The highest BCUT2D eigenvalue weighted by molar-refractivity contribution is 6.32. The van der Waals surface area contributed by atoms with Crippen molar-refractivity contribution in [3.63, 3.8) is 0 Å². The van der Waals surface area contributed by atoms with E-state index in [4.69, 9.17) is 16.3 Å². The number of urea groups is 1. The van der Waals surface area contributed by atoms with Crippen LogP contribution in [0, 0.1) is 5.82 Å². The van der Waals surface area contributed by atoms with Gasteiger partial charge in [-0.25, -0.2) is 9.18 Å². The van der Waals surface area contributed by atoms with Crippen LogP contribution in [0.2, 0.25) is 5.02 Å². The first-order valence-corrected chi connectivity index (χ1v) is 8.41. The van der Waals surface area contributed by atoms with Gasteiger partial charge in [-0.05, 0) is 31.2 Å². The highest BCUT2D eigenvalue weighted by atomic mass is 35.5. The van der Waals surface area contributed by atoms with Gasteiger partial charge < -0.3 is 10.1 Å². The van der Waals surface area contributed by atoms with Crippen molar-refractivity contribution in [2.75, 3.05) is 13.7 Å². The van der Waals surface area contributed by atoms with E-state index in [1.165, 1.54) is 20.1 Å². The number of imide groups is 1. The predicted octanol–water partition coefficient (Wildman–Crippen LogP) is 3.14. The molecule has 3 rings (SSSR count). The minimum atomic E-state index is -1.40. The quantitative estimate of drug-likeness (QED) is 0.628. The molecule has 0 aromatic heterocycles. The van der Waals surface area contributed by atoms with Gasteiger partial charge in [-0.3, -0.25) is 14.5 Å². The van der Waals surface area contributed by atoms with Crippen LogP contribution in [0.1, 0.15) is 22.8 Å². The Kier molecular flexibility index (Phi) is 4.89. The fourth-order valence-corrected chi connectivity index (χ4v) is 3.34. The van der Waals surface area contributed by atoms with Gasteiger partial charge >= 0.3 is 6.03 Å². The summed E-state index contributed by atoms with van der Waals surface area (Å²) < 4.78 is 18.6. The topological polar surface area (TPSA) is 75.7 Å². The van der Waals surface area contributed by atoms with Crippen LogP contribution in [-0.2, 0) is 10.3 Å². The SMILES string of the molecule is COc1ccc(F)cc1C(=O)CN1C(=O)N[C@@](C)(c2ccccc2Cl)C1=O. The summed E-state index contributed by atoms with van der Waals surface area (Å²) in [7, 11) is 1.34. The molecule has 2 aromatic carbocycles. The molecule has 0 aliphatic carbocycles. The molecule has 1 aliphatic rings. The van der Waals surface area contributed by atoms with E-state index in [1.807, 2.05) is 0 Å². The van der Waals surface area contributed by atoms with E-state index in [1.54, 1.807) is 24.3 Å². The van der Waals surface area contributed by atoms with Crippen LogP contribution < -0.4 is 10.1 Å². The van der Waals surface area contributed by atoms with E-state index in [0.717, 1.165) is 17.0 Å². The first kappa shape index (κ1) is 18.8. The molecule has 2 aromatic rings. The Labute approximate surface area is 159 Å². The average Bonchev–Trinajstić information content (AvgIpc) is 2.85. The number of Topliss-reactive ketones (excluding diaryl/α,β-unsaturated/α-hetero) is 1. The summed E-state index contributed by atoms with van der Waals surface area (Å²) in [5, 5.41) is 2.89. The summed E-state index contributed by atoms with van der Waals surface area (Å²) in [5.41, 5.74) is -1.03. The molecule has 6 nitrogen and oxygen atoms in total. The first-order chi connectivity index (χ1) is 12.8. The normalized spacial score (nSPS) is 19.2. The smallest absolute Gasteiger partial charge is 0.325 e. The Morgan fingerprint density at radius 2 is 1.96 bits per heavy atom. The number of methoxy groups -OCH3 is 1. The molecule has 1 saturated heterocycles. The van der Waals surface area contributed by atoms with E-state index in [9.17, 15) is 18.8 Å². The number of ether oxygens (including phenoxy) is 1. The lowest BCUT2D eigenvalue weighted by molar-refractivity contribution is -0.130. The second-order valence-corrected chi connectivity index (χ2v) is 6.60. The van der Waals surface area contributed by atoms with Crippen molar-refractivity contribution in [2.24, 2.45) is 0 Å². The number of hydrogen-bond acceptors (Lipinski definition) is 4. The van der Waals surface area contributed by atoms with E-state index >= 15 is 0 Å². The Morgan fingerprint density at radius 1 is 1.26 bits per heavy atom. The first-order valence-electron chi connectivity index (χ1n) is 8.04. The summed E-state index contributed by atoms with van der Waals surface area (Å²) in [6.07, 6.45) is 0. The number of benzene rings is 2. The van der Waals surface area contributed by atoms with Crippen molar-refractivity contribution in [2.45, 2.75) is 12.5 Å². The molecule has 0 radical (unpaired) electrons. The lowest BCUT2D eigenvalue weighted by Gasteiger charge is -2.23. The van der Waals surface area contributed by atoms with Crippen molar-refractivity contribution in [3.05, 3.63) is 64.4 Å². The molecule has 0 spiro atoms. The molecule has 3 amide bonds. The number of nitrogens with one attached hydrogen (secondary N) is 1. The number of ketones is 1. The molecule has 27 heavy (non-hydrogen) atoms.